The zero-order valence-electron chi connectivity index (χ0n) is 11.0. The third-order valence-electron chi connectivity index (χ3n) is 3.17. The summed E-state index contributed by atoms with van der Waals surface area (Å²) >= 11 is 5.15. The zero-order valence-corrected chi connectivity index (χ0v) is 12.7. The number of hydrogen-bond donors (Lipinski definition) is 4. The minimum Gasteiger partial charge on any atom is -0.507 e. The number of allylic oxidation sites excluding steroid dienone is 2. The van der Waals surface area contributed by atoms with Gasteiger partial charge < -0.3 is 15.3 Å². The number of terminal acetylenes is 1. The van der Waals surface area contributed by atoms with Crippen LogP contribution in [0.3, 0.4) is 0 Å². The second-order valence-electron chi connectivity index (χ2n) is 4.70. The van der Waals surface area contributed by atoms with Crippen molar-refractivity contribution in [3.8, 4) is 18.4 Å². The first kappa shape index (κ1) is 17.0. The Kier molecular flexibility index (Phi) is 6.04. The quantitative estimate of drug-likeness (QED) is 0.454. The van der Waals surface area contributed by atoms with Crippen LogP contribution in [0.4, 0.5) is 0 Å². The topological polar surface area (TPSA) is 84.5 Å². The molecule has 0 fully saturated rings. The molecule has 1 aliphatic rings. The average Bonchev–Trinajstić information content (AvgIpc) is 2.46. The smallest absolute Gasteiger partial charge is 0.130 e. The van der Waals surface area contributed by atoms with E-state index in [2.05, 4.69) is 18.5 Å². The second-order valence-corrected chi connectivity index (χ2v) is 6.20. The van der Waals surface area contributed by atoms with Crippen molar-refractivity contribution in [2.24, 2.45) is 5.41 Å². The van der Waals surface area contributed by atoms with Crippen molar-refractivity contribution >= 4 is 24.4 Å². The average molecular weight is 311 g/mol. The monoisotopic (exact) mass is 311 g/mol. The first-order valence-corrected chi connectivity index (χ1v) is 7.66. The van der Waals surface area contributed by atoms with Crippen LogP contribution < -0.4 is 0 Å². The van der Waals surface area contributed by atoms with Crippen molar-refractivity contribution < 1.29 is 15.3 Å². The van der Waals surface area contributed by atoms with Gasteiger partial charge in [-0.3, -0.25) is 0 Å². The summed E-state index contributed by atoms with van der Waals surface area (Å²) in [5.41, 5.74) is -0.543. The van der Waals surface area contributed by atoms with Crippen LogP contribution in [-0.4, -0.2) is 44.3 Å². The summed E-state index contributed by atoms with van der Waals surface area (Å²) in [6.07, 6.45) is 6.72. The van der Waals surface area contributed by atoms with Gasteiger partial charge in [-0.15, -0.1) is 18.2 Å². The van der Waals surface area contributed by atoms with Crippen LogP contribution in [-0.2, 0) is 0 Å². The van der Waals surface area contributed by atoms with Gasteiger partial charge in [-0.2, -0.15) is 17.9 Å². The largest absolute Gasteiger partial charge is 0.507 e. The summed E-state index contributed by atoms with van der Waals surface area (Å²) in [7, 11) is 0. The van der Waals surface area contributed by atoms with Crippen molar-refractivity contribution in [2.45, 2.75) is 24.4 Å². The van der Waals surface area contributed by atoms with Crippen LogP contribution in [0, 0.1) is 29.1 Å². The predicted octanol–water partition coefficient (Wildman–Crippen LogP) is 1.28. The van der Waals surface area contributed by atoms with Gasteiger partial charge in [0.15, 0.2) is 0 Å². The first-order chi connectivity index (χ1) is 9.39. The highest BCUT2D eigenvalue weighted by Crippen LogP contribution is 2.41. The summed E-state index contributed by atoms with van der Waals surface area (Å²) in [6.45, 7) is 1.78. The van der Waals surface area contributed by atoms with Crippen molar-refractivity contribution in [3.05, 3.63) is 23.5 Å². The minimum absolute atomic E-state index is 0.109. The van der Waals surface area contributed by atoms with E-state index in [4.69, 9.17) is 6.42 Å². The molecular weight excluding hydrogens is 294 g/mol. The molecule has 0 saturated heterocycles. The normalized spacial score (nSPS) is 28.6. The van der Waals surface area contributed by atoms with Gasteiger partial charge in [-0.05, 0) is 13.0 Å². The maximum Gasteiger partial charge on any atom is 0.130 e. The van der Waals surface area contributed by atoms with Crippen molar-refractivity contribution in [3.63, 3.8) is 0 Å². The third kappa shape index (κ3) is 3.53. The maximum atomic E-state index is 9.77. The van der Waals surface area contributed by atoms with E-state index < -0.39 is 22.9 Å². The first-order valence-electron chi connectivity index (χ1n) is 5.98. The zero-order chi connectivity index (χ0) is 15.3. The number of rotatable bonds is 5. The number of aliphatic hydroxyl groups excluding tert-OH is 3. The van der Waals surface area contributed by atoms with E-state index in [1.807, 2.05) is 6.07 Å². The number of thiol groups is 1. The Morgan fingerprint density at radius 3 is 2.70 bits per heavy atom. The lowest BCUT2D eigenvalue weighted by Gasteiger charge is -2.33. The molecule has 1 aliphatic carbocycles. The van der Waals surface area contributed by atoms with Crippen LogP contribution >= 0.6 is 24.4 Å². The molecule has 0 aliphatic heterocycles. The van der Waals surface area contributed by atoms with Crippen molar-refractivity contribution in [1.29, 1.82) is 5.26 Å². The van der Waals surface area contributed by atoms with E-state index in [1.54, 1.807) is 13.0 Å². The maximum absolute atomic E-state index is 9.77. The van der Waals surface area contributed by atoms with E-state index in [1.165, 1.54) is 17.8 Å². The molecule has 1 rings (SSSR count). The fourth-order valence-electron chi connectivity index (χ4n) is 1.79. The SMILES string of the molecule is C#CC1(C)C=CC(O)=C(C#N)C1SCC(O)C(O)CS. The van der Waals surface area contributed by atoms with E-state index >= 15 is 0 Å². The summed E-state index contributed by atoms with van der Waals surface area (Å²) in [6, 6.07) is 1.96. The highest BCUT2D eigenvalue weighted by Gasteiger charge is 2.38. The number of thioether (sulfide) groups is 1. The van der Waals surface area contributed by atoms with Gasteiger partial charge in [0.1, 0.15) is 5.76 Å². The minimum atomic E-state index is -0.965. The summed E-state index contributed by atoms with van der Waals surface area (Å²) in [5, 5.41) is 37.7. The van der Waals surface area contributed by atoms with Crippen LogP contribution in [0.25, 0.3) is 0 Å². The summed E-state index contributed by atoms with van der Waals surface area (Å²) < 4.78 is 0. The van der Waals surface area contributed by atoms with Crippen molar-refractivity contribution in [2.75, 3.05) is 11.5 Å². The molecular formula is C14H17NO3S2. The molecule has 108 valence electrons. The Balaban J connectivity index is 2.92. The Bertz CT molecular complexity index is 504. The Hall–Kier alpha value is -1.05. The third-order valence-corrected chi connectivity index (χ3v) is 5.13. The number of hydrogen-bond acceptors (Lipinski definition) is 6. The highest BCUT2D eigenvalue weighted by molar-refractivity contribution is 8.00. The molecule has 6 heteroatoms. The van der Waals surface area contributed by atoms with E-state index in [0.29, 0.717) is 0 Å². The van der Waals surface area contributed by atoms with Crippen LogP contribution in [0.1, 0.15) is 6.92 Å². The molecule has 4 atom stereocenters. The number of nitrogens with zero attached hydrogens (tertiary/aromatic N) is 1. The van der Waals surface area contributed by atoms with E-state index in [0.717, 1.165) is 0 Å². The van der Waals surface area contributed by atoms with Gasteiger partial charge in [-0.1, -0.05) is 12.0 Å². The van der Waals surface area contributed by atoms with E-state index in [9.17, 15) is 20.6 Å². The molecule has 3 N–H and O–H groups in total. The molecule has 4 unspecified atom stereocenters. The molecule has 0 aromatic heterocycles. The Morgan fingerprint density at radius 1 is 1.55 bits per heavy atom. The fraction of sp³-hybridized carbons (Fsp3) is 0.500. The molecule has 0 aromatic carbocycles. The summed E-state index contributed by atoms with van der Waals surface area (Å²) in [5.74, 6) is 2.84. The summed E-state index contributed by atoms with van der Waals surface area (Å²) in [4.78, 5) is 0. The van der Waals surface area contributed by atoms with Gasteiger partial charge in [0.2, 0.25) is 0 Å². The fourth-order valence-corrected chi connectivity index (χ4v) is 3.48. The molecule has 20 heavy (non-hydrogen) atoms. The Morgan fingerprint density at radius 2 is 2.20 bits per heavy atom. The molecule has 0 saturated carbocycles. The molecule has 0 amide bonds. The predicted molar refractivity (Wildman–Crippen MR) is 83.5 cm³/mol. The van der Waals surface area contributed by atoms with Gasteiger partial charge in [0.05, 0.1) is 34.5 Å². The lowest BCUT2D eigenvalue weighted by atomic mass is 9.80. The van der Waals surface area contributed by atoms with Gasteiger partial charge in [0, 0.05) is 11.5 Å². The van der Waals surface area contributed by atoms with E-state index in [-0.39, 0.29) is 22.8 Å². The van der Waals surface area contributed by atoms with Crippen molar-refractivity contribution in [1.82, 2.24) is 0 Å². The second kappa shape index (κ2) is 7.10. The molecule has 0 heterocycles. The van der Waals surface area contributed by atoms with Crippen LogP contribution in [0.2, 0.25) is 0 Å². The molecule has 0 bridgehead atoms. The number of aliphatic hydroxyl groups is 3. The van der Waals surface area contributed by atoms with Crippen LogP contribution in [0.5, 0.6) is 0 Å². The van der Waals surface area contributed by atoms with Gasteiger partial charge in [-0.25, -0.2) is 0 Å². The number of nitriles is 1. The standard InChI is InChI=1S/C14H17NO3S2/c1-3-14(2)5-4-10(16)9(6-15)13(14)20-8-12(18)11(17)7-19/h1,4-5,11-13,16-19H,7-8H2,2H3. The Labute approximate surface area is 128 Å². The van der Waals surface area contributed by atoms with Gasteiger partial charge >= 0.3 is 0 Å². The lowest BCUT2D eigenvalue weighted by Crippen LogP contribution is -2.35. The van der Waals surface area contributed by atoms with Gasteiger partial charge in [0.25, 0.3) is 0 Å². The molecule has 0 aromatic rings. The molecule has 0 radical (unpaired) electrons. The molecule has 4 nitrogen and oxygen atoms in total. The van der Waals surface area contributed by atoms with Crippen LogP contribution in [0.15, 0.2) is 23.5 Å². The molecule has 0 spiro atoms. The highest BCUT2D eigenvalue weighted by atomic mass is 32.2. The lowest BCUT2D eigenvalue weighted by molar-refractivity contribution is 0.0501.